The Morgan fingerprint density at radius 3 is 2.77 bits per heavy atom. The fourth-order valence-corrected chi connectivity index (χ4v) is 4.54. The first-order chi connectivity index (χ1) is 10.8. The van der Waals surface area contributed by atoms with Crippen molar-refractivity contribution in [2.75, 3.05) is 26.3 Å². The van der Waals surface area contributed by atoms with Gasteiger partial charge in [-0.15, -0.1) is 11.3 Å². The number of nitrogens with zero attached hydrogens (tertiary/aromatic N) is 2. The van der Waals surface area contributed by atoms with Gasteiger partial charge in [0.15, 0.2) is 0 Å². The summed E-state index contributed by atoms with van der Waals surface area (Å²) in [5.41, 5.74) is 1.10. The van der Waals surface area contributed by atoms with Crippen LogP contribution in [0.2, 0.25) is 0 Å². The quantitative estimate of drug-likeness (QED) is 0.855. The molecule has 1 aromatic heterocycles. The lowest BCUT2D eigenvalue weighted by atomic mass is 9.96. The summed E-state index contributed by atoms with van der Waals surface area (Å²) in [6.45, 7) is 3.06. The molecule has 0 spiro atoms. The number of fused-ring (bicyclic) bond motifs is 1. The summed E-state index contributed by atoms with van der Waals surface area (Å²) in [5.74, 6) is 0.889. The number of aromatic nitrogens is 1. The molecule has 4 nitrogen and oxygen atoms in total. The minimum Gasteiger partial charge on any atom is -0.381 e. The van der Waals surface area contributed by atoms with Crippen LogP contribution in [0.1, 0.15) is 30.2 Å². The molecular weight excluding hydrogens is 296 g/mol. The minimum absolute atomic E-state index is 0.0963. The smallest absolute Gasteiger partial charge is 0.228 e. The van der Waals surface area contributed by atoms with Crippen molar-refractivity contribution in [1.82, 2.24) is 9.88 Å². The van der Waals surface area contributed by atoms with Crippen molar-refractivity contribution in [3.8, 4) is 0 Å². The standard InChI is InChI=1S/C17H20N2O2S/c20-17(13-7-10-21-11-13)19-8-5-12(6-9-19)16-18-14-3-1-2-4-15(14)22-16/h1-4,12-13H,5-11H2/t13-/m1/s1. The van der Waals surface area contributed by atoms with Gasteiger partial charge in [-0.2, -0.15) is 0 Å². The molecule has 2 aliphatic heterocycles. The fourth-order valence-electron chi connectivity index (χ4n) is 3.40. The van der Waals surface area contributed by atoms with E-state index in [9.17, 15) is 4.79 Å². The number of ether oxygens (including phenoxy) is 1. The van der Waals surface area contributed by atoms with Crippen LogP contribution in [-0.2, 0) is 9.53 Å². The lowest BCUT2D eigenvalue weighted by Gasteiger charge is -2.32. The number of amides is 1. The topological polar surface area (TPSA) is 42.4 Å². The first-order valence-corrected chi connectivity index (χ1v) is 8.85. The molecule has 1 amide bonds. The Morgan fingerprint density at radius 1 is 1.23 bits per heavy atom. The van der Waals surface area contributed by atoms with Crippen molar-refractivity contribution >= 4 is 27.5 Å². The van der Waals surface area contributed by atoms with Crippen LogP contribution in [0.4, 0.5) is 0 Å². The van der Waals surface area contributed by atoms with Gasteiger partial charge in [0.2, 0.25) is 5.91 Å². The van der Waals surface area contributed by atoms with Crippen molar-refractivity contribution in [3.05, 3.63) is 29.3 Å². The molecule has 2 saturated heterocycles. The van der Waals surface area contributed by atoms with Crippen molar-refractivity contribution in [3.63, 3.8) is 0 Å². The molecule has 2 aromatic rings. The van der Waals surface area contributed by atoms with E-state index in [1.54, 1.807) is 11.3 Å². The molecule has 0 unspecified atom stereocenters. The largest absolute Gasteiger partial charge is 0.381 e. The second kappa shape index (κ2) is 5.97. The highest BCUT2D eigenvalue weighted by Crippen LogP contribution is 2.34. The Balaban J connectivity index is 1.41. The maximum atomic E-state index is 12.4. The van der Waals surface area contributed by atoms with Crippen molar-refractivity contribution < 1.29 is 9.53 Å². The summed E-state index contributed by atoms with van der Waals surface area (Å²) >= 11 is 1.80. The third-order valence-electron chi connectivity index (χ3n) is 4.75. The normalized spacial score (nSPS) is 23.3. The van der Waals surface area contributed by atoms with E-state index in [4.69, 9.17) is 9.72 Å². The molecule has 2 fully saturated rings. The molecule has 0 N–H and O–H groups in total. The zero-order valence-corrected chi connectivity index (χ0v) is 13.3. The third kappa shape index (κ3) is 2.63. The second-order valence-electron chi connectivity index (χ2n) is 6.18. The maximum absolute atomic E-state index is 12.4. The van der Waals surface area contributed by atoms with Gasteiger partial charge in [-0.1, -0.05) is 12.1 Å². The molecule has 0 radical (unpaired) electrons. The molecule has 0 saturated carbocycles. The summed E-state index contributed by atoms with van der Waals surface area (Å²) in [4.78, 5) is 19.2. The van der Waals surface area contributed by atoms with Crippen LogP contribution in [0.15, 0.2) is 24.3 Å². The number of piperidine rings is 1. The summed E-state index contributed by atoms with van der Waals surface area (Å²) < 4.78 is 6.60. The highest BCUT2D eigenvalue weighted by atomic mass is 32.1. The van der Waals surface area contributed by atoms with Crippen LogP contribution in [0.3, 0.4) is 0 Å². The number of carbonyl (C=O) groups excluding carboxylic acids is 1. The summed E-state index contributed by atoms with van der Waals surface area (Å²) in [6, 6.07) is 8.31. The van der Waals surface area contributed by atoms with Crippen molar-refractivity contribution in [2.24, 2.45) is 5.92 Å². The van der Waals surface area contributed by atoms with Crippen LogP contribution in [0.25, 0.3) is 10.2 Å². The molecule has 4 rings (SSSR count). The van der Waals surface area contributed by atoms with Crippen LogP contribution in [0, 0.1) is 5.92 Å². The van der Waals surface area contributed by atoms with E-state index in [-0.39, 0.29) is 5.92 Å². The second-order valence-corrected chi connectivity index (χ2v) is 7.24. The van der Waals surface area contributed by atoms with Gasteiger partial charge < -0.3 is 9.64 Å². The molecule has 1 aromatic carbocycles. The van der Waals surface area contributed by atoms with Gasteiger partial charge in [0, 0.05) is 25.6 Å². The number of thiazole rings is 1. The molecule has 3 heterocycles. The molecule has 116 valence electrons. The number of benzene rings is 1. The van der Waals surface area contributed by atoms with Gasteiger partial charge in [0.1, 0.15) is 0 Å². The van der Waals surface area contributed by atoms with Crippen LogP contribution >= 0.6 is 11.3 Å². The zero-order chi connectivity index (χ0) is 14.9. The van der Waals surface area contributed by atoms with Gasteiger partial charge in [-0.3, -0.25) is 4.79 Å². The Kier molecular flexibility index (Phi) is 3.84. The third-order valence-corrected chi connectivity index (χ3v) is 5.94. The number of carbonyl (C=O) groups is 1. The predicted octanol–water partition coefficient (Wildman–Crippen LogP) is 3.04. The minimum atomic E-state index is 0.0963. The Bertz CT molecular complexity index is 637. The maximum Gasteiger partial charge on any atom is 0.228 e. The van der Waals surface area contributed by atoms with Crippen molar-refractivity contribution in [2.45, 2.75) is 25.2 Å². The van der Waals surface area contributed by atoms with Gasteiger partial charge in [-0.05, 0) is 31.4 Å². The molecule has 1 atom stereocenters. The van der Waals surface area contributed by atoms with Gasteiger partial charge in [0.25, 0.3) is 0 Å². The number of hydrogen-bond donors (Lipinski definition) is 0. The Morgan fingerprint density at radius 2 is 2.05 bits per heavy atom. The van der Waals surface area contributed by atoms with E-state index >= 15 is 0 Å². The number of para-hydroxylation sites is 1. The average molecular weight is 316 g/mol. The first kappa shape index (κ1) is 14.2. The zero-order valence-electron chi connectivity index (χ0n) is 12.5. The van der Waals surface area contributed by atoms with Gasteiger partial charge in [0.05, 0.1) is 27.7 Å². The molecule has 0 aliphatic carbocycles. The van der Waals surface area contributed by atoms with Gasteiger partial charge in [-0.25, -0.2) is 4.98 Å². The van der Waals surface area contributed by atoms with E-state index in [2.05, 4.69) is 18.2 Å². The van der Waals surface area contributed by atoms with E-state index < -0.39 is 0 Å². The van der Waals surface area contributed by atoms with Crippen LogP contribution in [-0.4, -0.2) is 42.1 Å². The highest BCUT2D eigenvalue weighted by molar-refractivity contribution is 7.18. The summed E-state index contributed by atoms with van der Waals surface area (Å²) in [6.07, 6.45) is 2.94. The predicted molar refractivity (Wildman–Crippen MR) is 87.1 cm³/mol. The Hall–Kier alpha value is -1.46. The van der Waals surface area contributed by atoms with E-state index in [1.807, 2.05) is 11.0 Å². The van der Waals surface area contributed by atoms with Crippen LogP contribution in [0.5, 0.6) is 0 Å². The molecule has 5 heteroatoms. The lowest BCUT2D eigenvalue weighted by Crippen LogP contribution is -2.41. The monoisotopic (exact) mass is 316 g/mol. The van der Waals surface area contributed by atoms with E-state index in [0.717, 1.165) is 44.5 Å². The molecular formula is C17H20N2O2S. The first-order valence-electron chi connectivity index (χ1n) is 8.03. The number of hydrogen-bond acceptors (Lipinski definition) is 4. The lowest BCUT2D eigenvalue weighted by molar-refractivity contribution is -0.136. The molecule has 0 bridgehead atoms. The fraction of sp³-hybridized carbons (Fsp3) is 0.529. The number of rotatable bonds is 2. The van der Waals surface area contributed by atoms with Crippen molar-refractivity contribution in [1.29, 1.82) is 0 Å². The summed E-state index contributed by atoms with van der Waals surface area (Å²) in [5, 5.41) is 1.23. The SMILES string of the molecule is O=C([C@@H]1CCOC1)N1CCC(c2nc3ccccc3s2)CC1. The number of likely N-dealkylation sites (tertiary alicyclic amines) is 1. The van der Waals surface area contributed by atoms with Crippen LogP contribution < -0.4 is 0 Å². The highest BCUT2D eigenvalue weighted by Gasteiger charge is 2.31. The van der Waals surface area contributed by atoms with E-state index in [1.165, 1.54) is 9.71 Å². The molecule has 2 aliphatic rings. The Labute approximate surface area is 134 Å². The van der Waals surface area contributed by atoms with Gasteiger partial charge >= 0.3 is 0 Å². The average Bonchev–Trinajstić information content (AvgIpc) is 3.23. The molecule has 22 heavy (non-hydrogen) atoms. The van der Waals surface area contributed by atoms with E-state index in [0.29, 0.717) is 18.4 Å². The summed E-state index contributed by atoms with van der Waals surface area (Å²) in [7, 11) is 0.